The van der Waals surface area contributed by atoms with E-state index in [0.29, 0.717) is 6.07 Å². The van der Waals surface area contributed by atoms with Crippen LogP contribution >= 0.6 is 15.9 Å². The van der Waals surface area contributed by atoms with E-state index in [1.54, 1.807) is 0 Å². The van der Waals surface area contributed by atoms with E-state index < -0.39 is 28.0 Å². The Balaban J connectivity index is 3.42. The molecule has 0 bridgehead atoms. The van der Waals surface area contributed by atoms with Crippen molar-refractivity contribution in [2.45, 2.75) is 0 Å². The molecular formula is C7H3BrFNO4. The summed E-state index contributed by atoms with van der Waals surface area (Å²) in [5, 5.41) is 18.9. The molecular weight excluding hydrogens is 261 g/mol. The third kappa shape index (κ3) is 1.87. The van der Waals surface area contributed by atoms with E-state index in [2.05, 4.69) is 15.9 Å². The van der Waals surface area contributed by atoms with Crippen LogP contribution in [-0.2, 0) is 0 Å². The molecule has 7 heteroatoms. The summed E-state index contributed by atoms with van der Waals surface area (Å²) >= 11 is 2.76. The van der Waals surface area contributed by atoms with E-state index in [9.17, 15) is 19.3 Å². The predicted molar refractivity (Wildman–Crippen MR) is 47.7 cm³/mol. The predicted octanol–water partition coefficient (Wildman–Crippen LogP) is 2.19. The SMILES string of the molecule is O=C(O)c1cc([N+](=O)[O-])c(Br)cc1F. The van der Waals surface area contributed by atoms with Gasteiger partial charge < -0.3 is 5.11 Å². The van der Waals surface area contributed by atoms with Gasteiger partial charge >= 0.3 is 5.97 Å². The van der Waals surface area contributed by atoms with Crippen LogP contribution in [-0.4, -0.2) is 16.0 Å². The summed E-state index contributed by atoms with van der Waals surface area (Å²) in [5.41, 5.74) is -1.20. The molecule has 0 spiro atoms. The minimum absolute atomic E-state index is 0.0926. The molecule has 1 rings (SSSR count). The Hall–Kier alpha value is -1.50. The fourth-order valence-electron chi connectivity index (χ4n) is 0.841. The fraction of sp³-hybridized carbons (Fsp3) is 0. The zero-order valence-corrected chi connectivity index (χ0v) is 8.12. The van der Waals surface area contributed by atoms with Crippen LogP contribution < -0.4 is 0 Å². The molecule has 0 aliphatic carbocycles. The minimum atomic E-state index is -1.54. The second-order valence-electron chi connectivity index (χ2n) is 2.35. The van der Waals surface area contributed by atoms with Crippen LogP contribution in [0, 0.1) is 15.9 Å². The van der Waals surface area contributed by atoms with Gasteiger partial charge in [0.05, 0.1) is 9.40 Å². The fourth-order valence-corrected chi connectivity index (χ4v) is 1.30. The van der Waals surface area contributed by atoms with Crippen LogP contribution in [0.25, 0.3) is 0 Å². The summed E-state index contributed by atoms with van der Waals surface area (Å²) in [6.07, 6.45) is 0. The molecule has 0 aromatic heterocycles. The average molecular weight is 264 g/mol. The maximum atomic E-state index is 12.9. The normalized spacial score (nSPS) is 9.86. The van der Waals surface area contributed by atoms with Gasteiger partial charge in [-0.05, 0) is 22.0 Å². The maximum Gasteiger partial charge on any atom is 0.338 e. The Morgan fingerprint density at radius 2 is 2.14 bits per heavy atom. The van der Waals surface area contributed by atoms with Gasteiger partial charge in [0.25, 0.3) is 5.69 Å². The van der Waals surface area contributed by atoms with Crippen molar-refractivity contribution >= 4 is 27.6 Å². The second-order valence-corrected chi connectivity index (χ2v) is 3.20. The topological polar surface area (TPSA) is 80.4 Å². The van der Waals surface area contributed by atoms with Crippen molar-refractivity contribution in [2.24, 2.45) is 0 Å². The van der Waals surface area contributed by atoms with Gasteiger partial charge in [0.2, 0.25) is 0 Å². The molecule has 5 nitrogen and oxygen atoms in total. The van der Waals surface area contributed by atoms with Crippen molar-refractivity contribution in [1.29, 1.82) is 0 Å². The number of nitrogens with zero attached hydrogens (tertiary/aromatic N) is 1. The molecule has 74 valence electrons. The van der Waals surface area contributed by atoms with Crippen molar-refractivity contribution in [3.05, 3.63) is 38.1 Å². The molecule has 0 radical (unpaired) electrons. The number of nitro benzene ring substituents is 1. The van der Waals surface area contributed by atoms with Crippen LogP contribution in [0.1, 0.15) is 10.4 Å². The van der Waals surface area contributed by atoms with Gasteiger partial charge in [-0.15, -0.1) is 0 Å². The van der Waals surface area contributed by atoms with Crippen LogP contribution in [0.2, 0.25) is 0 Å². The monoisotopic (exact) mass is 263 g/mol. The van der Waals surface area contributed by atoms with Gasteiger partial charge in [-0.1, -0.05) is 0 Å². The molecule has 0 aliphatic rings. The van der Waals surface area contributed by atoms with Gasteiger partial charge in [-0.2, -0.15) is 0 Å². The number of benzene rings is 1. The van der Waals surface area contributed by atoms with Crippen molar-refractivity contribution in [3.8, 4) is 0 Å². The zero-order valence-electron chi connectivity index (χ0n) is 6.53. The van der Waals surface area contributed by atoms with Gasteiger partial charge in [-0.25, -0.2) is 9.18 Å². The Labute approximate surface area is 85.4 Å². The molecule has 0 heterocycles. The lowest BCUT2D eigenvalue weighted by molar-refractivity contribution is -0.385. The molecule has 0 unspecified atom stereocenters. The first-order chi connectivity index (χ1) is 6.43. The Kier molecular flexibility index (Phi) is 2.80. The molecule has 0 amide bonds. The van der Waals surface area contributed by atoms with E-state index in [0.717, 1.165) is 6.07 Å². The highest BCUT2D eigenvalue weighted by molar-refractivity contribution is 9.10. The molecule has 1 N–H and O–H groups in total. The first kappa shape index (κ1) is 10.6. The van der Waals surface area contributed by atoms with Crippen molar-refractivity contribution < 1.29 is 19.2 Å². The van der Waals surface area contributed by atoms with Gasteiger partial charge in [-0.3, -0.25) is 10.1 Å². The molecule has 0 saturated heterocycles. The summed E-state index contributed by atoms with van der Waals surface area (Å²) in [5.74, 6) is -2.56. The van der Waals surface area contributed by atoms with Crippen LogP contribution in [0.15, 0.2) is 16.6 Å². The maximum absolute atomic E-state index is 12.9. The average Bonchev–Trinajstić information content (AvgIpc) is 2.02. The molecule has 0 atom stereocenters. The summed E-state index contributed by atoms with van der Waals surface area (Å²) < 4.78 is 12.8. The van der Waals surface area contributed by atoms with E-state index in [4.69, 9.17) is 5.11 Å². The molecule has 1 aromatic rings. The highest BCUT2D eigenvalue weighted by atomic mass is 79.9. The highest BCUT2D eigenvalue weighted by Gasteiger charge is 2.20. The Morgan fingerprint density at radius 3 is 2.57 bits per heavy atom. The number of aromatic carboxylic acids is 1. The number of hydrogen-bond donors (Lipinski definition) is 1. The first-order valence-corrected chi connectivity index (χ1v) is 4.09. The van der Waals surface area contributed by atoms with E-state index in [1.165, 1.54) is 0 Å². The number of carboxylic acid groups (broad SMARTS) is 1. The summed E-state index contributed by atoms with van der Waals surface area (Å²) in [6.45, 7) is 0. The van der Waals surface area contributed by atoms with Crippen LogP contribution in [0.5, 0.6) is 0 Å². The largest absolute Gasteiger partial charge is 0.478 e. The summed E-state index contributed by atoms with van der Waals surface area (Å²) in [4.78, 5) is 20.0. The second kappa shape index (κ2) is 3.70. The standard InChI is InChI=1S/C7H3BrFNO4/c8-4-2-5(9)3(7(11)12)1-6(4)10(13)14/h1-2H,(H,11,12). The third-order valence-electron chi connectivity index (χ3n) is 1.46. The molecule has 0 aliphatic heterocycles. The quantitative estimate of drug-likeness (QED) is 0.655. The van der Waals surface area contributed by atoms with E-state index in [-0.39, 0.29) is 4.47 Å². The zero-order chi connectivity index (χ0) is 10.9. The van der Waals surface area contributed by atoms with Gasteiger partial charge in [0.1, 0.15) is 11.4 Å². The molecule has 0 saturated carbocycles. The number of hydrogen-bond acceptors (Lipinski definition) is 3. The lowest BCUT2D eigenvalue weighted by Crippen LogP contribution is -2.02. The lowest BCUT2D eigenvalue weighted by Gasteiger charge is -1.99. The Bertz CT molecular complexity index is 385. The van der Waals surface area contributed by atoms with Crippen LogP contribution in [0.4, 0.5) is 10.1 Å². The summed E-state index contributed by atoms with van der Waals surface area (Å²) in [7, 11) is 0. The van der Waals surface area contributed by atoms with E-state index in [1.807, 2.05) is 0 Å². The minimum Gasteiger partial charge on any atom is -0.478 e. The summed E-state index contributed by atoms with van der Waals surface area (Å²) in [6, 6.07) is 1.42. The van der Waals surface area contributed by atoms with Crippen molar-refractivity contribution in [1.82, 2.24) is 0 Å². The Morgan fingerprint density at radius 1 is 1.57 bits per heavy atom. The highest BCUT2D eigenvalue weighted by Crippen LogP contribution is 2.27. The third-order valence-corrected chi connectivity index (χ3v) is 2.10. The smallest absolute Gasteiger partial charge is 0.338 e. The van der Waals surface area contributed by atoms with Crippen molar-refractivity contribution in [3.63, 3.8) is 0 Å². The molecule has 14 heavy (non-hydrogen) atoms. The lowest BCUT2D eigenvalue weighted by atomic mass is 10.2. The molecule has 1 aromatic carbocycles. The van der Waals surface area contributed by atoms with Gasteiger partial charge in [0.15, 0.2) is 0 Å². The van der Waals surface area contributed by atoms with Crippen LogP contribution in [0.3, 0.4) is 0 Å². The molecule has 0 fully saturated rings. The van der Waals surface area contributed by atoms with Gasteiger partial charge in [0, 0.05) is 6.07 Å². The van der Waals surface area contributed by atoms with Crippen molar-refractivity contribution in [2.75, 3.05) is 0 Å². The number of carboxylic acids is 1. The van der Waals surface area contributed by atoms with E-state index >= 15 is 0 Å². The number of rotatable bonds is 2. The first-order valence-electron chi connectivity index (χ1n) is 3.30. The number of carbonyl (C=O) groups is 1. The number of halogens is 2. The number of nitro groups is 1.